The van der Waals surface area contributed by atoms with E-state index in [4.69, 9.17) is 23.2 Å². The van der Waals surface area contributed by atoms with Crippen LogP contribution < -0.4 is 0 Å². The van der Waals surface area contributed by atoms with Crippen molar-refractivity contribution in [3.8, 4) is 5.75 Å². The van der Waals surface area contributed by atoms with Crippen molar-refractivity contribution in [1.82, 2.24) is 4.98 Å². The minimum absolute atomic E-state index is 0.122. The molecule has 0 spiro atoms. The molecule has 0 amide bonds. The molecule has 136 valence electrons. The van der Waals surface area contributed by atoms with E-state index in [0.29, 0.717) is 15.6 Å². The van der Waals surface area contributed by atoms with Crippen molar-refractivity contribution in [2.45, 2.75) is 23.3 Å². The second kappa shape index (κ2) is 7.49. The fraction of sp³-hybridized carbons (Fsp3) is 0.267. The highest BCUT2D eigenvalue weighted by Gasteiger charge is 2.20. The molecule has 1 aromatic heterocycles. The molecule has 0 saturated heterocycles. The first-order valence-electron chi connectivity index (χ1n) is 7.08. The van der Waals surface area contributed by atoms with Gasteiger partial charge in [0.2, 0.25) is 0 Å². The van der Waals surface area contributed by atoms with Gasteiger partial charge in [0.1, 0.15) is 5.75 Å². The number of hydrogen-bond acceptors (Lipinski definition) is 6. The lowest BCUT2D eigenvalue weighted by molar-refractivity contribution is 0.463. The largest absolute Gasteiger partial charge is 0.506 e. The molecule has 2 rings (SSSR count). The molecule has 0 bridgehead atoms. The number of rotatable bonds is 6. The number of nitrogens with zero attached hydrogens (tertiary/aromatic N) is 1. The maximum atomic E-state index is 12.3. The van der Waals surface area contributed by atoms with Crippen molar-refractivity contribution in [3.63, 3.8) is 0 Å². The molecule has 1 heterocycles. The van der Waals surface area contributed by atoms with Crippen LogP contribution in [0.1, 0.15) is 18.2 Å². The standard InChI is InChI=1S/C15H15Cl2NO5S2/c1-2-25(22,23)13-6-15(19)14(18-7-13)9-24(20,21)8-10-3-11(16)5-12(17)4-10/h3-7,19H,2,8-9H2,1H3. The van der Waals surface area contributed by atoms with Crippen LogP contribution in [0.2, 0.25) is 10.0 Å². The summed E-state index contributed by atoms with van der Waals surface area (Å²) in [6.07, 6.45) is 1.04. The summed E-state index contributed by atoms with van der Waals surface area (Å²) in [6.45, 7) is 1.46. The number of pyridine rings is 1. The molecular formula is C15H15Cl2NO5S2. The van der Waals surface area contributed by atoms with Gasteiger partial charge < -0.3 is 5.11 Å². The van der Waals surface area contributed by atoms with Gasteiger partial charge in [0.05, 0.1) is 27.8 Å². The first kappa shape index (κ1) is 20.0. The molecule has 0 aliphatic carbocycles. The summed E-state index contributed by atoms with van der Waals surface area (Å²) in [5.74, 6) is -1.53. The Morgan fingerprint density at radius 1 is 1.00 bits per heavy atom. The van der Waals surface area contributed by atoms with E-state index in [1.807, 2.05) is 0 Å². The highest BCUT2D eigenvalue weighted by molar-refractivity contribution is 7.91. The number of hydrogen-bond donors (Lipinski definition) is 1. The summed E-state index contributed by atoms with van der Waals surface area (Å²) in [5.41, 5.74) is 0.283. The van der Waals surface area contributed by atoms with Gasteiger partial charge in [0, 0.05) is 22.3 Å². The third-order valence-electron chi connectivity index (χ3n) is 3.33. The fourth-order valence-electron chi connectivity index (χ4n) is 2.12. The minimum Gasteiger partial charge on any atom is -0.506 e. The summed E-state index contributed by atoms with van der Waals surface area (Å²) in [6, 6.07) is 5.46. The number of aromatic nitrogens is 1. The molecular weight excluding hydrogens is 409 g/mol. The van der Waals surface area contributed by atoms with E-state index in [0.717, 1.165) is 12.3 Å². The normalized spacial score (nSPS) is 12.3. The van der Waals surface area contributed by atoms with E-state index in [2.05, 4.69) is 4.98 Å². The summed E-state index contributed by atoms with van der Waals surface area (Å²) in [4.78, 5) is 3.64. The van der Waals surface area contributed by atoms with Crippen LogP contribution in [0.25, 0.3) is 0 Å². The Bertz CT molecular complexity index is 984. The van der Waals surface area contributed by atoms with E-state index in [1.165, 1.54) is 25.1 Å². The van der Waals surface area contributed by atoms with Crippen molar-refractivity contribution in [2.24, 2.45) is 0 Å². The zero-order valence-electron chi connectivity index (χ0n) is 13.1. The molecule has 10 heteroatoms. The van der Waals surface area contributed by atoms with Crippen LogP contribution in [0.4, 0.5) is 0 Å². The lowest BCUT2D eigenvalue weighted by Crippen LogP contribution is -2.10. The smallest absolute Gasteiger partial charge is 0.179 e. The van der Waals surface area contributed by atoms with Crippen LogP contribution in [0, 0.1) is 0 Å². The van der Waals surface area contributed by atoms with Crippen molar-refractivity contribution in [3.05, 3.63) is 51.8 Å². The molecule has 0 atom stereocenters. The topological polar surface area (TPSA) is 101 Å². The Hall–Kier alpha value is -1.35. The number of sulfone groups is 2. The summed E-state index contributed by atoms with van der Waals surface area (Å²) in [7, 11) is -7.23. The van der Waals surface area contributed by atoms with Crippen LogP contribution in [0.15, 0.2) is 35.4 Å². The second-order valence-corrected chi connectivity index (χ2v) is 10.6. The number of benzene rings is 1. The van der Waals surface area contributed by atoms with Gasteiger partial charge in [-0.2, -0.15) is 0 Å². The van der Waals surface area contributed by atoms with E-state index in [-0.39, 0.29) is 22.1 Å². The zero-order chi connectivity index (χ0) is 18.8. The fourth-order valence-corrected chi connectivity index (χ4v) is 4.94. The van der Waals surface area contributed by atoms with Gasteiger partial charge in [-0.25, -0.2) is 16.8 Å². The van der Waals surface area contributed by atoms with Crippen molar-refractivity contribution in [2.75, 3.05) is 5.75 Å². The van der Waals surface area contributed by atoms with E-state index in [1.54, 1.807) is 0 Å². The monoisotopic (exact) mass is 423 g/mol. The van der Waals surface area contributed by atoms with Gasteiger partial charge in [0.25, 0.3) is 0 Å². The van der Waals surface area contributed by atoms with Gasteiger partial charge in [-0.1, -0.05) is 30.1 Å². The van der Waals surface area contributed by atoms with Crippen molar-refractivity contribution >= 4 is 42.9 Å². The second-order valence-electron chi connectivity index (χ2n) is 5.35. The van der Waals surface area contributed by atoms with Gasteiger partial charge in [-0.3, -0.25) is 4.98 Å². The third-order valence-corrected chi connectivity index (χ3v) is 6.95. The van der Waals surface area contributed by atoms with Crippen molar-refractivity contribution in [1.29, 1.82) is 0 Å². The van der Waals surface area contributed by atoms with Crippen LogP contribution in [0.3, 0.4) is 0 Å². The Balaban J connectivity index is 2.26. The van der Waals surface area contributed by atoms with E-state index < -0.39 is 31.2 Å². The predicted molar refractivity (Wildman–Crippen MR) is 96.4 cm³/mol. The summed E-state index contributed by atoms with van der Waals surface area (Å²) in [5, 5.41) is 10.6. The molecule has 2 aromatic rings. The Kier molecular flexibility index (Phi) is 5.98. The molecule has 0 radical (unpaired) electrons. The lowest BCUT2D eigenvalue weighted by atomic mass is 10.2. The molecule has 0 fully saturated rings. The van der Waals surface area contributed by atoms with Crippen LogP contribution >= 0.6 is 23.2 Å². The van der Waals surface area contributed by atoms with Crippen molar-refractivity contribution < 1.29 is 21.9 Å². The first-order valence-corrected chi connectivity index (χ1v) is 11.3. The van der Waals surface area contributed by atoms with Gasteiger partial charge in [-0.05, 0) is 23.8 Å². The summed E-state index contributed by atoms with van der Waals surface area (Å²) >= 11 is 11.7. The molecule has 1 N–H and O–H groups in total. The Labute approximate surface area is 156 Å². The van der Waals surface area contributed by atoms with Crippen LogP contribution in [-0.2, 0) is 31.2 Å². The maximum absolute atomic E-state index is 12.3. The quantitative estimate of drug-likeness (QED) is 0.765. The average molecular weight is 424 g/mol. The maximum Gasteiger partial charge on any atom is 0.179 e. The highest BCUT2D eigenvalue weighted by Crippen LogP contribution is 2.25. The number of aromatic hydroxyl groups is 1. The molecule has 0 aliphatic heterocycles. The van der Waals surface area contributed by atoms with Gasteiger partial charge in [-0.15, -0.1) is 0 Å². The predicted octanol–water partition coefficient (Wildman–Crippen LogP) is 3.00. The first-order chi connectivity index (χ1) is 11.5. The third kappa shape index (κ3) is 5.31. The molecule has 6 nitrogen and oxygen atoms in total. The zero-order valence-corrected chi connectivity index (χ0v) is 16.3. The average Bonchev–Trinajstić information content (AvgIpc) is 2.47. The highest BCUT2D eigenvalue weighted by atomic mass is 35.5. The van der Waals surface area contributed by atoms with Gasteiger partial charge in [0.15, 0.2) is 19.7 Å². The van der Waals surface area contributed by atoms with E-state index in [9.17, 15) is 21.9 Å². The lowest BCUT2D eigenvalue weighted by Gasteiger charge is -2.08. The molecule has 0 saturated carbocycles. The van der Waals surface area contributed by atoms with Crippen LogP contribution in [-0.4, -0.2) is 32.7 Å². The van der Waals surface area contributed by atoms with Crippen LogP contribution in [0.5, 0.6) is 5.75 Å². The molecule has 0 aliphatic rings. The minimum atomic E-state index is -3.69. The molecule has 25 heavy (non-hydrogen) atoms. The van der Waals surface area contributed by atoms with E-state index >= 15 is 0 Å². The molecule has 1 aromatic carbocycles. The number of halogens is 2. The summed E-state index contributed by atoms with van der Waals surface area (Å²) < 4.78 is 48.2. The Morgan fingerprint density at radius 2 is 1.60 bits per heavy atom. The SMILES string of the molecule is CCS(=O)(=O)c1cnc(CS(=O)(=O)Cc2cc(Cl)cc(Cl)c2)c(O)c1. The molecule has 0 unspecified atom stereocenters. The van der Waals surface area contributed by atoms with Gasteiger partial charge >= 0.3 is 0 Å². The Morgan fingerprint density at radius 3 is 2.12 bits per heavy atom.